The first-order valence-corrected chi connectivity index (χ1v) is 5.08. The fourth-order valence-corrected chi connectivity index (χ4v) is 1.78. The molecule has 0 fully saturated rings. The van der Waals surface area contributed by atoms with Crippen LogP contribution in [-0.4, -0.2) is 18.2 Å². The van der Waals surface area contributed by atoms with Gasteiger partial charge < -0.3 is 9.84 Å². The van der Waals surface area contributed by atoms with E-state index in [4.69, 9.17) is 9.84 Å². The van der Waals surface area contributed by atoms with Crippen molar-refractivity contribution in [2.75, 3.05) is 7.11 Å². The average molecular weight is 220 g/mol. The Morgan fingerprint density at radius 3 is 2.38 bits per heavy atom. The van der Waals surface area contributed by atoms with E-state index in [9.17, 15) is 4.79 Å². The van der Waals surface area contributed by atoms with Gasteiger partial charge in [0.2, 0.25) is 0 Å². The fraction of sp³-hybridized carbons (Fsp3) is 0.308. The van der Waals surface area contributed by atoms with Gasteiger partial charge in [0, 0.05) is 6.08 Å². The predicted molar refractivity (Wildman–Crippen MR) is 62.9 cm³/mol. The lowest BCUT2D eigenvalue weighted by atomic mass is 10.0. The molecule has 1 aromatic carbocycles. The molecule has 86 valence electrons. The molecule has 0 aliphatic carbocycles. The van der Waals surface area contributed by atoms with E-state index < -0.39 is 5.97 Å². The van der Waals surface area contributed by atoms with Crippen LogP contribution in [-0.2, 0) is 11.2 Å². The van der Waals surface area contributed by atoms with Crippen molar-refractivity contribution < 1.29 is 14.6 Å². The number of hydrogen-bond donors (Lipinski definition) is 1. The number of allylic oxidation sites excluding steroid dienone is 1. The van der Waals surface area contributed by atoms with Crippen LogP contribution >= 0.6 is 0 Å². The fourth-order valence-electron chi connectivity index (χ4n) is 1.78. The largest absolute Gasteiger partial charge is 0.496 e. The molecule has 1 N–H and O–H groups in total. The Morgan fingerprint density at radius 1 is 1.38 bits per heavy atom. The number of carboxylic acids is 1. The molecular weight excluding hydrogens is 204 g/mol. The zero-order valence-corrected chi connectivity index (χ0v) is 9.78. The van der Waals surface area contributed by atoms with Crippen LogP contribution in [0.15, 0.2) is 24.3 Å². The lowest BCUT2D eigenvalue weighted by Crippen LogP contribution is -1.94. The maximum atomic E-state index is 10.3. The molecule has 0 aliphatic heterocycles. The summed E-state index contributed by atoms with van der Waals surface area (Å²) in [5, 5.41) is 8.48. The number of methoxy groups -OCH3 is 1. The Labute approximate surface area is 95.4 Å². The molecule has 3 heteroatoms. The number of aliphatic carboxylic acids is 1. The van der Waals surface area contributed by atoms with Crippen molar-refractivity contribution >= 4 is 5.97 Å². The van der Waals surface area contributed by atoms with Crippen molar-refractivity contribution in [1.82, 2.24) is 0 Å². The number of carboxylic acid groups (broad SMARTS) is 1. The maximum absolute atomic E-state index is 10.3. The Bertz CT molecular complexity index is 396. The van der Waals surface area contributed by atoms with Crippen LogP contribution in [0.3, 0.4) is 0 Å². The Morgan fingerprint density at radius 2 is 1.94 bits per heavy atom. The Kier molecular flexibility index (Phi) is 4.11. The lowest BCUT2D eigenvalue weighted by molar-refractivity contribution is -0.131. The number of benzene rings is 1. The van der Waals surface area contributed by atoms with Crippen molar-refractivity contribution in [3.8, 4) is 5.75 Å². The van der Waals surface area contributed by atoms with Gasteiger partial charge in [0.25, 0.3) is 0 Å². The van der Waals surface area contributed by atoms with Gasteiger partial charge in [-0.25, -0.2) is 4.79 Å². The highest BCUT2D eigenvalue weighted by molar-refractivity contribution is 5.79. The van der Waals surface area contributed by atoms with E-state index in [0.717, 1.165) is 28.5 Å². The molecule has 1 aromatic rings. The smallest absolute Gasteiger partial charge is 0.327 e. The van der Waals surface area contributed by atoms with Crippen molar-refractivity contribution in [3.63, 3.8) is 0 Å². The number of carbonyl (C=O) groups is 1. The summed E-state index contributed by atoms with van der Waals surface area (Å²) < 4.78 is 5.26. The predicted octanol–water partition coefficient (Wildman–Crippen LogP) is 2.50. The molecule has 0 amide bonds. The lowest BCUT2D eigenvalue weighted by Gasteiger charge is -2.10. The van der Waals surface area contributed by atoms with Crippen LogP contribution in [0.25, 0.3) is 0 Å². The minimum Gasteiger partial charge on any atom is -0.496 e. The summed E-state index contributed by atoms with van der Waals surface area (Å²) in [5.41, 5.74) is 3.23. The van der Waals surface area contributed by atoms with Crippen molar-refractivity contribution in [2.45, 2.75) is 20.3 Å². The molecule has 0 saturated carbocycles. The highest BCUT2D eigenvalue weighted by Crippen LogP contribution is 2.24. The minimum atomic E-state index is -0.915. The average Bonchev–Trinajstić information content (AvgIpc) is 2.16. The Balaban J connectivity index is 2.87. The van der Waals surface area contributed by atoms with Crippen LogP contribution in [0.5, 0.6) is 5.75 Å². The Hall–Kier alpha value is -1.77. The van der Waals surface area contributed by atoms with E-state index in [2.05, 4.69) is 0 Å². The molecule has 0 spiro atoms. The first-order chi connectivity index (χ1) is 7.54. The summed E-state index contributed by atoms with van der Waals surface area (Å²) >= 11 is 0. The van der Waals surface area contributed by atoms with Crippen LogP contribution in [0.1, 0.15) is 16.7 Å². The molecule has 0 unspecified atom stereocenters. The summed E-state index contributed by atoms with van der Waals surface area (Å²) in [7, 11) is 1.65. The van der Waals surface area contributed by atoms with Gasteiger partial charge in [-0.1, -0.05) is 18.2 Å². The minimum absolute atomic E-state index is 0.623. The standard InChI is InChI=1S/C13H16O3/c1-9-7-11(5-4-6-12(14)15)8-10(2)13(9)16-3/h4,6-8H,5H2,1-3H3,(H,14,15)/b6-4+. The molecular formula is C13H16O3. The van der Waals surface area contributed by atoms with Gasteiger partial charge >= 0.3 is 5.97 Å². The molecule has 0 heterocycles. The topological polar surface area (TPSA) is 46.5 Å². The van der Waals surface area contributed by atoms with Gasteiger partial charge in [0.05, 0.1) is 7.11 Å². The van der Waals surface area contributed by atoms with Crippen LogP contribution in [0.2, 0.25) is 0 Å². The number of ether oxygens (including phenoxy) is 1. The number of rotatable bonds is 4. The highest BCUT2D eigenvalue weighted by Gasteiger charge is 2.04. The molecule has 3 nitrogen and oxygen atoms in total. The van der Waals surface area contributed by atoms with E-state index in [1.807, 2.05) is 26.0 Å². The van der Waals surface area contributed by atoms with Gasteiger partial charge in [-0.15, -0.1) is 0 Å². The second-order valence-electron chi connectivity index (χ2n) is 3.71. The molecule has 0 saturated heterocycles. The van der Waals surface area contributed by atoms with Gasteiger partial charge in [-0.2, -0.15) is 0 Å². The third-order valence-corrected chi connectivity index (χ3v) is 2.34. The second kappa shape index (κ2) is 5.35. The molecule has 16 heavy (non-hydrogen) atoms. The summed E-state index contributed by atoms with van der Waals surface area (Å²) in [6, 6.07) is 4.02. The summed E-state index contributed by atoms with van der Waals surface area (Å²) in [6.07, 6.45) is 3.43. The van der Waals surface area contributed by atoms with Crippen molar-refractivity contribution in [2.24, 2.45) is 0 Å². The molecule has 1 rings (SSSR count). The van der Waals surface area contributed by atoms with E-state index in [1.54, 1.807) is 13.2 Å². The van der Waals surface area contributed by atoms with E-state index >= 15 is 0 Å². The van der Waals surface area contributed by atoms with Crippen LogP contribution < -0.4 is 4.74 Å². The number of hydrogen-bond acceptors (Lipinski definition) is 2. The zero-order valence-electron chi connectivity index (χ0n) is 9.78. The summed E-state index contributed by atoms with van der Waals surface area (Å²) in [4.78, 5) is 10.3. The molecule has 0 atom stereocenters. The van der Waals surface area contributed by atoms with E-state index in [-0.39, 0.29) is 0 Å². The molecule has 0 bridgehead atoms. The van der Waals surface area contributed by atoms with Crippen molar-refractivity contribution in [3.05, 3.63) is 41.0 Å². The van der Waals surface area contributed by atoms with Gasteiger partial charge in [-0.3, -0.25) is 0 Å². The first kappa shape index (κ1) is 12.3. The zero-order chi connectivity index (χ0) is 12.1. The van der Waals surface area contributed by atoms with Gasteiger partial charge in [0.15, 0.2) is 0 Å². The van der Waals surface area contributed by atoms with Crippen LogP contribution in [0.4, 0.5) is 0 Å². The van der Waals surface area contributed by atoms with E-state index in [0.29, 0.717) is 6.42 Å². The van der Waals surface area contributed by atoms with Gasteiger partial charge in [0.1, 0.15) is 5.75 Å². The third kappa shape index (κ3) is 3.12. The monoisotopic (exact) mass is 220 g/mol. The number of aryl methyl sites for hydroxylation is 2. The summed E-state index contributed by atoms with van der Waals surface area (Å²) in [5.74, 6) is -0.0204. The van der Waals surface area contributed by atoms with Gasteiger partial charge in [-0.05, 0) is 37.0 Å². The molecule has 0 aromatic heterocycles. The first-order valence-electron chi connectivity index (χ1n) is 5.08. The molecule has 0 aliphatic rings. The second-order valence-corrected chi connectivity index (χ2v) is 3.71. The summed E-state index contributed by atoms with van der Waals surface area (Å²) in [6.45, 7) is 3.96. The third-order valence-electron chi connectivity index (χ3n) is 2.34. The van der Waals surface area contributed by atoms with E-state index in [1.165, 1.54) is 0 Å². The maximum Gasteiger partial charge on any atom is 0.327 e. The van der Waals surface area contributed by atoms with Crippen LogP contribution in [0, 0.1) is 13.8 Å². The highest BCUT2D eigenvalue weighted by atomic mass is 16.5. The molecule has 0 radical (unpaired) electrons. The quantitative estimate of drug-likeness (QED) is 0.793. The van der Waals surface area contributed by atoms with Crippen molar-refractivity contribution in [1.29, 1.82) is 0 Å². The normalized spacial score (nSPS) is 10.7. The SMILES string of the molecule is COc1c(C)cc(C/C=C/C(=O)O)cc1C.